The molecule has 0 bridgehead atoms. The Hall–Kier alpha value is -1.43. The number of sulfonamides is 1. The van der Waals surface area contributed by atoms with Crippen molar-refractivity contribution >= 4 is 27.3 Å². The second kappa shape index (κ2) is 5.28. The average Bonchev–Trinajstić information content (AvgIpc) is 2.88. The molecule has 1 atom stereocenters. The molecule has 19 heavy (non-hydrogen) atoms. The smallest absolute Gasteiger partial charge is 0.322 e. The zero-order chi connectivity index (χ0) is 14.0. The van der Waals surface area contributed by atoms with Crippen LogP contribution in [0.25, 0.3) is 0 Å². The number of carboxylic acid groups (broad SMARTS) is 1. The molecule has 1 aliphatic rings. The number of rotatable bonds is 3. The van der Waals surface area contributed by atoms with Crippen LogP contribution in [-0.4, -0.2) is 36.4 Å². The van der Waals surface area contributed by atoms with Crippen molar-refractivity contribution < 1.29 is 18.3 Å². The van der Waals surface area contributed by atoms with Crippen LogP contribution in [0.15, 0.2) is 16.3 Å². The molecule has 2 rings (SSSR count). The van der Waals surface area contributed by atoms with Gasteiger partial charge >= 0.3 is 5.97 Å². The maximum Gasteiger partial charge on any atom is 0.322 e. The molecule has 1 saturated heterocycles. The van der Waals surface area contributed by atoms with Crippen LogP contribution in [0.5, 0.6) is 0 Å². The number of hydrogen-bond acceptors (Lipinski definition) is 5. The first-order valence-corrected chi connectivity index (χ1v) is 7.97. The predicted molar refractivity (Wildman–Crippen MR) is 68.2 cm³/mol. The fourth-order valence-corrected chi connectivity index (χ4v) is 4.96. The lowest BCUT2D eigenvalue weighted by Crippen LogP contribution is -2.47. The molecule has 0 amide bonds. The minimum absolute atomic E-state index is 0.0252. The molecule has 2 heterocycles. The number of carboxylic acids is 1. The molecule has 1 aromatic rings. The molecule has 1 fully saturated rings. The number of hydrogen-bond donors (Lipinski definition) is 1. The molecule has 0 spiro atoms. The highest BCUT2D eigenvalue weighted by Crippen LogP contribution is 2.29. The van der Waals surface area contributed by atoms with Crippen molar-refractivity contribution in [3.05, 3.63) is 17.0 Å². The summed E-state index contributed by atoms with van der Waals surface area (Å²) in [5.74, 6) is -1.12. The summed E-state index contributed by atoms with van der Waals surface area (Å²) in [6.45, 7) is 0.207. The second-order valence-corrected chi connectivity index (χ2v) is 7.40. The van der Waals surface area contributed by atoms with Crippen LogP contribution in [0.3, 0.4) is 0 Å². The maximum absolute atomic E-state index is 12.4. The number of nitriles is 1. The maximum atomic E-state index is 12.4. The second-order valence-electron chi connectivity index (χ2n) is 4.20. The number of piperidine rings is 1. The first-order chi connectivity index (χ1) is 8.96. The van der Waals surface area contributed by atoms with E-state index in [1.165, 1.54) is 12.1 Å². The van der Waals surface area contributed by atoms with Gasteiger partial charge in [-0.15, -0.1) is 11.3 Å². The van der Waals surface area contributed by atoms with Crippen LogP contribution in [0, 0.1) is 11.3 Å². The zero-order valence-electron chi connectivity index (χ0n) is 9.94. The van der Waals surface area contributed by atoms with Gasteiger partial charge in [-0.3, -0.25) is 4.79 Å². The van der Waals surface area contributed by atoms with Gasteiger partial charge in [0, 0.05) is 6.54 Å². The van der Waals surface area contributed by atoms with E-state index in [9.17, 15) is 13.2 Å². The lowest BCUT2D eigenvalue weighted by molar-refractivity contribution is -0.142. The summed E-state index contributed by atoms with van der Waals surface area (Å²) in [6.07, 6.45) is 1.68. The fourth-order valence-electron chi connectivity index (χ4n) is 2.07. The van der Waals surface area contributed by atoms with E-state index in [-0.39, 0.29) is 10.8 Å². The van der Waals surface area contributed by atoms with E-state index >= 15 is 0 Å². The Balaban J connectivity index is 2.37. The van der Waals surface area contributed by atoms with Crippen molar-refractivity contribution in [2.45, 2.75) is 29.5 Å². The zero-order valence-corrected chi connectivity index (χ0v) is 11.6. The Morgan fingerprint density at radius 3 is 2.79 bits per heavy atom. The summed E-state index contributed by atoms with van der Waals surface area (Å²) in [5, 5.41) is 17.8. The van der Waals surface area contributed by atoms with E-state index in [0.717, 1.165) is 15.6 Å². The van der Waals surface area contributed by atoms with E-state index in [1.807, 2.05) is 6.07 Å². The molecule has 0 unspecified atom stereocenters. The molecule has 0 saturated carbocycles. The van der Waals surface area contributed by atoms with Gasteiger partial charge in [-0.25, -0.2) is 8.42 Å². The van der Waals surface area contributed by atoms with E-state index in [4.69, 9.17) is 10.4 Å². The number of aliphatic carboxylic acids is 1. The summed E-state index contributed by atoms with van der Waals surface area (Å²) in [7, 11) is -3.83. The SMILES string of the molecule is N#Cc1ccc(S(=O)(=O)N2CCCC[C@H]2C(=O)O)s1. The normalized spacial score (nSPS) is 20.9. The lowest BCUT2D eigenvalue weighted by Gasteiger charge is -2.31. The number of thiophene rings is 1. The van der Waals surface area contributed by atoms with Gasteiger partial charge in [-0.05, 0) is 31.4 Å². The van der Waals surface area contributed by atoms with Gasteiger partial charge in [0.25, 0.3) is 10.0 Å². The van der Waals surface area contributed by atoms with Gasteiger partial charge < -0.3 is 5.11 Å². The highest BCUT2D eigenvalue weighted by atomic mass is 32.2. The van der Waals surface area contributed by atoms with Crippen LogP contribution in [-0.2, 0) is 14.8 Å². The lowest BCUT2D eigenvalue weighted by atomic mass is 10.1. The van der Waals surface area contributed by atoms with Crippen molar-refractivity contribution in [1.82, 2.24) is 4.31 Å². The van der Waals surface area contributed by atoms with Gasteiger partial charge in [0.1, 0.15) is 21.2 Å². The van der Waals surface area contributed by atoms with Crippen LogP contribution in [0.1, 0.15) is 24.1 Å². The molecule has 102 valence electrons. The summed E-state index contributed by atoms with van der Waals surface area (Å²) < 4.78 is 25.8. The Labute approximate surface area is 114 Å². The molecular weight excluding hydrogens is 288 g/mol. The Kier molecular flexibility index (Phi) is 3.89. The van der Waals surface area contributed by atoms with Crippen molar-refractivity contribution in [3.8, 4) is 6.07 Å². The van der Waals surface area contributed by atoms with Crippen LogP contribution < -0.4 is 0 Å². The van der Waals surface area contributed by atoms with Gasteiger partial charge in [0.05, 0.1) is 0 Å². The monoisotopic (exact) mass is 300 g/mol. The van der Waals surface area contributed by atoms with Gasteiger partial charge in [0.2, 0.25) is 0 Å². The molecule has 6 nitrogen and oxygen atoms in total. The third-order valence-corrected chi connectivity index (χ3v) is 6.36. The summed E-state index contributed by atoms with van der Waals surface area (Å²) >= 11 is 0.864. The van der Waals surface area contributed by atoms with Crippen molar-refractivity contribution in [2.75, 3.05) is 6.54 Å². The Morgan fingerprint density at radius 2 is 2.21 bits per heavy atom. The summed E-state index contributed by atoms with van der Waals surface area (Å²) in [6, 6.07) is 3.65. The van der Waals surface area contributed by atoms with Gasteiger partial charge in [0.15, 0.2) is 0 Å². The van der Waals surface area contributed by atoms with E-state index in [0.29, 0.717) is 24.1 Å². The topological polar surface area (TPSA) is 98.5 Å². The first kappa shape index (κ1) is 14.0. The van der Waals surface area contributed by atoms with Gasteiger partial charge in [-0.1, -0.05) is 0 Å². The van der Waals surface area contributed by atoms with Crippen molar-refractivity contribution in [1.29, 1.82) is 5.26 Å². The van der Waals surface area contributed by atoms with Crippen molar-refractivity contribution in [3.63, 3.8) is 0 Å². The molecule has 0 radical (unpaired) electrons. The molecule has 0 aliphatic carbocycles. The molecule has 8 heteroatoms. The van der Waals surface area contributed by atoms with Crippen LogP contribution in [0.2, 0.25) is 0 Å². The minimum Gasteiger partial charge on any atom is -0.480 e. The van der Waals surface area contributed by atoms with E-state index in [2.05, 4.69) is 0 Å². The first-order valence-electron chi connectivity index (χ1n) is 5.71. The molecule has 1 N–H and O–H groups in total. The summed E-state index contributed by atoms with van der Waals surface area (Å²) in [5.41, 5.74) is 0. The molecule has 1 aliphatic heterocycles. The van der Waals surface area contributed by atoms with Gasteiger partial charge in [-0.2, -0.15) is 9.57 Å². The third-order valence-electron chi connectivity index (χ3n) is 2.99. The quantitative estimate of drug-likeness (QED) is 0.905. The molecular formula is C11H12N2O4S2. The van der Waals surface area contributed by atoms with Crippen molar-refractivity contribution in [2.24, 2.45) is 0 Å². The van der Waals surface area contributed by atoms with E-state index < -0.39 is 22.0 Å². The average molecular weight is 300 g/mol. The summed E-state index contributed by atoms with van der Waals surface area (Å²) in [4.78, 5) is 11.4. The third kappa shape index (κ3) is 2.63. The Bertz CT molecular complexity index is 629. The van der Waals surface area contributed by atoms with Crippen LogP contribution >= 0.6 is 11.3 Å². The highest BCUT2D eigenvalue weighted by molar-refractivity contribution is 7.91. The van der Waals surface area contributed by atoms with E-state index in [1.54, 1.807) is 0 Å². The number of carbonyl (C=O) groups is 1. The predicted octanol–water partition coefficient (Wildman–Crippen LogP) is 1.25. The number of nitrogens with zero attached hydrogens (tertiary/aromatic N) is 2. The van der Waals surface area contributed by atoms with Crippen LogP contribution in [0.4, 0.5) is 0 Å². The standard InChI is InChI=1S/C11H12N2O4S2/c12-7-8-4-5-10(18-8)19(16,17)13-6-2-1-3-9(13)11(14)15/h4-5,9H,1-3,6H2,(H,14,15)/t9-/m0/s1. The largest absolute Gasteiger partial charge is 0.480 e. The Morgan fingerprint density at radius 1 is 1.47 bits per heavy atom. The molecule has 1 aromatic heterocycles. The molecule has 0 aromatic carbocycles. The highest BCUT2D eigenvalue weighted by Gasteiger charge is 2.38. The minimum atomic E-state index is -3.83. The fraction of sp³-hybridized carbons (Fsp3) is 0.455.